The number of ether oxygens (including phenoxy) is 1. The minimum atomic E-state index is -1.25. The Morgan fingerprint density at radius 1 is 1.26 bits per heavy atom. The third-order valence-electron chi connectivity index (χ3n) is 5.02. The number of benzene rings is 1. The summed E-state index contributed by atoms with van der Waals surface area (Å²) >= 11 is 1.21. The van der Waals surface area contributed by atoms with E-state index in [0.717, 1.165) is 0 Å². The van der Waals surface area contributed by atoms with Crippen LogP contribution in [0.4, 0.5) is 9.52 Å². The quantitative estimate of drug-likeness (QED) is 0.506. The van der Waals surface area contributed by atoms with Gasteiger partial charge in [0.05, 0.1) is 5.69 Å². The number of halogens is 1. The molecule has 2 amide bonds. The first-order valence-electron chi connectivity index (χ1n) is 9.88. The highest BCUT2D eigenvalue weighted by molar-refractivity contribution is 7.14. The Hall–Kier alpha value is -2.85. The molecule has 1 aliphatic rings. The van der Waals surface area contributed by atoms with Crippen LogP contribution in [0, 0.1) is 11.7 Å². The lowest BCUT2D eigenvalue weighted by molar-refractivity contribution is -0.138. The predicted octanol–water partition coefficient (Wildman–Crippen LogP) is 3.05. The van der Waals surface area contributed by atoms with Crippen LogP contribution in [0.15, 0.2) is 29.6 Å². The SMILES string of the molecule is CCC(CC(C)C)(NC(=O)C1OC1C(=O)O)C(=O)Nc1nc(-c2ccc(F)cc2)cs1. The number of carboxylic acids is 1. The number of aromatic nitrogens is 1. The normalized spacial score (nSPS) is 19.5. The first-order chi connectivity index (χ1) is 14.6. The zero-order chi connectivity index (χ0) is 22.8. The molecule has 0 spiro atoms. The number of thiazole rings is 1. The number of hydrogen-bond acceptors (Lipinski definition) is 6. The van der Waals surface area contributed by atoms with Crippen molar-refractivity contribution in [1.82, 2.24) is 10.3 Å². The van der Waals surface area contributed by atoms with Gasteiger partial charge >= 0.3 is 5.97 Å². The first-order valence-corrected chi connectivity index (χ1v) is 10.8. The second kappa shape index (κ2) is 9.11. The van der Waals surface area contributed by atoms with E-state index >= 15 is 0 Å². The molecule has 3 rings (SSSR count). The summed E-state index contributed by atoms with van der Waals surface area (Å²) in [7, 11) is 0. The molecule has 8 nitrogen and oxygen atoms in total. The van der Waals surface area contributed by atoms with Gasteiger partial charge in [0, 0.05) is 10.9 Å². The van der Waals surface area contributed by atoms with Crippen LogP contribution < -0.4 is 10.6 Å². The van der Waals surface area contributed by atoms with Crippen molar-refractivity contribution in [3.05, 3.63) is 35.5 Å². The molecule has 2 heterocycles. The predicted molar refractivity (Wildman–Crippen MR) is 113 cm³/mol. The average Bonchev–Trinajstić information content (AvgIpc) is 3.40. The molecule has 0 bridgehead atoms. The molecule has 1 aromatic heterocycles. The Balaban J connectivity index is 1.76. The van der Waals surface area contributed by atoms with Crippen molar-refractivity contribution in [3.63, 3.8) is 0 Å². The van der Waals surface area contributed by atoms with Crippen LogP contribution in [0.3, 0.4) is 0 Å². The van der Waals surface area contributed by atoms with Crippen molar-refractivity contribution in [1.29, 1.82) is 0 Å². The van der Waals surface area contributed by atoms with E-state index in [-0.39, 0.29) is 11.7 Å². The van der Waals surface area contributed by atoms with Crippen LogP contribution >= 0.6 is 11.3 Å². The molecule has 1 fully saturated rings. The monoisotopic (exact) mass is 449 g/mol. The number of nitrogens with one attached hydrogen (secondary N) is 2. The van der Waals surface area contributed by atoms with E-state index in [1.165, 1.54) is 23.5 Å². The Kier molecular flexibility index (Phi) is 6.71. The van der Waals surface area contributed by atoms with E-state index in [2.05, 4.69) is 15.6 Å². The number of carbonyl (C=O) groups is 3. The Bertz CT molecular complexity index is 978. The maximum absolute atomic E-state index is 13.2. The van der Waals surface area contributed by atoms with Crippen molar-refractivity contribution >= 4 is 34.3 Å². The first kappa shape index (κ1) is 22.8. The van der Waals surface area contributed by atoms with E-state index in [1.54, 1.807) is 24.4 Å². The number of rotatable bonds is 9. The summed E-state index contributed by atoms with van der Waals surface area (Å²) in [6, 6.07) is 5.86. The molecule has 3 atom stereocenters. The number of amides is 2. The highest BCUT2D eigenvalue weighted by Gasteiger charge is 2.53. The van der Waals surface area contributed by atoms with Gasteiger partial charge in [0.1, 0.15) is 11.4 Å². The van der Waals surface area contributed by atoms with Crippen LogP contribution in [-0.4, -0.2) is 45.6 Å². The highest BCUT2D eigenvalue weighted by atomic mass is 32.1. The standard InChI is InChI=1S/C21H24FN3O5S/c1-4-21(9-11(2)3,25-17(26)15-16(30-15)18(27)28)19(29)24-20-23-14(10-31-20)12-5-7-13(22)8-6-12/h5-8,10-11,15-16H,4,9H2,1-3H3,(H,25,26)(H,27,28)(H,23,24,29). The summed E-state index contributed by atoms with van der Waals surface area (Å²) in [6.07, 6.45) is -1.65. The van der Waals surface area contributed by atoms with Gasteiger partial charge in [-0.3, -0.25) is 14.9 Å². The topological polar surface area (TPSA) is 121 Å². The zero-order valence-corrected chi connectivity index (χ0v) is 18.2. The zero-order valence-electron chi connectivity index (χ0n) is 17.3. The molecular formula is C21H24FN3O5S. The van der Waals surface area contributed by atoms with E-state index < -0.39 is 35.5 Å². The lowest BCUT2D eigenvalue weighted by Gasteiger charge is -2.33. The van der Waals surface area contributed by atoms with Crippen molar-refractivity contribution in [2.75, 3.05) is 5.32 Å². The summed E-state index contributed by atoms with van der Waals surface area (Å²) in [4.78, 5) is 41.1. The minimum absolute atomic E-state index is 0.0764. The maximum Gasteiger partial charge on any atom is 0.336 e. The fraction of sp³-hybridized carbons (Fsp3) is 0.429. The van der Waals surface area contributed by atoms with Crippen molar-refractivity contribution in [3.8, 4) is 11.3 Å². The number of carboxylic acid groups (broad SMARTS) is 1. The Morgan fingerprint density at radius 3 is 2.48 bits per heavy atom. The molecule has 10 heteroatoms. The summed E-state index contributed by atoms with van der Waals surface area (Å²) in [5.41, 5.74) is 0.0501. The molecular weight excluding hydrogens is 425 g/mol. The van der Waals surface area contributed by atoms with Crippen molar-refractivity contribution in [2.45, 2.75) is 51.4 Å². The minimum Gasteiger partial charge on any atom is -0.479 e. The van der Waals surface area contributed by atoms with Gasteiger partial charge in [-0.2, -0.15) is 0 Å². The molecule has 31 heavy (non-hydrogen) atoms. The van der Waals surface area contributed by atoms with E-state index in [9.17, 15) is 18.8 Å². The van der Waals surface area contributed by atoms with Crippen molar-refractivity contribution < 1.29 is 28.6 Å². The van der Waals surface area contributed by atoms with Crippen LogP contribution in [-0.2, 0) is 19.1 Å². The second-order valence-corrected chi connectivity index (χ2v) is 8.70. The van der Waals surface area contributed by atoms with Gasteiger partial charge < -0.3 is 15.2 Å². The van der Waals surface area contributed by atoms with E-state index in [1.807, 2.05) is 13.8 Å². The lowest BCUT2D eigenvalue weighted by atomic mass is 9.85. The number of anilines is 1. The van der Waals surface area contributed by atoms with Crippen LogP contribution in [0.25, 0.3) is 11.3 Å². The number of hydrogen-bond donors (Lipinski definition) is 3. The number of aliphatic carboxylic acids is 1. The number of epoxide rings is 1. The summed E-state index contributed by atoms with van der Waals surface area (Å²) in [5.74, 6) is -2.56. The Labute approximate surface area is 182 Å². The number of nitrogens with zero attached hydrogens (tertiary/aromatic N) is 1. The van der Waals surface area contributed by atoms with Crippen LogP contribution in [0.5, 0.6) is 0 Å². The molecule has 1 aromatic carbocycles. The molecule has 0 aliphatic carbocycles. The highest BCUT2D eigenvalue weighted by Crippen LogP contribution is 2.29. The Morgan fingerprint density at radius 2 is 1.94 bits per heavy atom. The van der Waals surface area contributed by atoms with Crippen LogP contribution in [0.2, 0.25) is 0 Å². The molecule has 1 aliphatic heterocycles. The van der Waals surface area contributed by atoms with E-state index in [4.69, 9.17) is 9.84 Å². The van der Waals surface area contributed by atoms with Crippen molar-refractivity contribution in [2.24, 2.45) is 5.92 Å². The largest absolute Gasteiger partial charge is 0.479 e. The van der Waals surface area contributed by atoms with Gasteiger partial charge in [0.2, 0.25) is 0 Å². The molecule has 0 saturated carbocycles. The van der Waals surface area contributed by atoms with Gasteiger partial charge in [-0.15, -0.1) is 11.3 Å². The smallest absolute Gasteiger partial charge is 0.336 e. The summed E-state index contributed by atoms with van der Waals surface area (Å²) in [6.45, 7) is 5.62. The fourth-order valence-electron chi connectivity index (χ4n) is 3.40. The van der Waals surface area contributed by atoms with Gasteiger partial charge in [0.15, 0.2) is 17.3 Å². The summed E-state index contributed by atoms with van der Waals surface area (Å²) < 4.78 is 18.1. The molecule has 3 unspecified atom stereocenters. The maximum atomic E-state index is 13.2. The molecule has 2 aromatic rings. The third kappa shape index (κ3) is 5.26. The number of carbonyl (C=O) groups excluding carboxylic acids is 2. The average molecular weight is 450 g/mol. The molecule has 0 radical (unpaired) electrons. The third-order valence-corrected chi connectivity index (χ3v) is 5.77. The van der Waals surface area contributed by atoms with Gasteiger partial charge in [-0.05, 0) is 43.0 Å². The second-order valence-electron chi connectivity index (χ2n) is 7.84. The molecule has 3 N–H and O–H groups in total. The van der Waals surface area contributed by atoms with E-state index in [0.29, 0.717) is 29.2 Å². The molecule has 166 valence electrons. The molecule has 1 saturated heterocycles. The van der Waals surface area contributed by atoms with Crippen LogP contribution in [0.1, 0.15) is 33.6 Å². The van der Waals surface area contributed by atoms with Gasteiger partial charge in [-0.1, -0.05) is 20.8 Å². The van der Waals surface area contributed by atoms with Gasteiger partial charge in [-0.25, -0.2) is 14.2 Å². The lowest BCUT2D eigenvalue weighted by Crippen LogP contribution is -2.58. The summed E-state index contributed by atoms with van der Waals surface area (Å²) in [5, 5.41) is 16.5. The fourth-order valence-corrected chi connectivity index (χ4v) is 4.11. The van der Waals surface area contributed by atoms with Gasteiger partial charge in [0.25, 0.3) is 11.8 Å².